The molecule has 1 N–H and O–H groups in total. The predicted octanol–water partition coefficient (Wildman–Crippen LogP) is 2.97. The molecule has 3 aromatic rings. The first kappa shape index (κ1) is 23.3. The fourth-order valence-corrected chi connectivity index (χ4v) is 4.06. The van der Waals surface area contributed by atoms with Gasteiger partial charge in [0.25, 0.3) is 5.91 Å². The van der Waals surface area contributed by atoms with Crippen molar-refractivity contribution >= 4 is 17.5 Å². The first-order chi connectivity index (χ1) is 16.4. The number of amides is 2. The number of carbonyl (C=O) groups is 2. The maximum absolute atomic E-state index is 13.4. The average Bonchev–Trinajstić information content (AvgIpc) is 3.52. The number of halogens is 1. The largest absolute Gasteiger partial charge is 0.497 e. The number of benzene rings is 2. The Morgan fingerprint density at radius 1 is 1.15 bits per heavy atom. The predicted molar refractivity (Wildman–Crippen MR) is 124 cm³/mol. The van der Waals surface area contributed by atoms with Crippen molar-refractivity contribution in [3.05, 3.63) is 54.3 Å². The van der Waals surface area contributed by atoms with E-state index in [9.17, 15) is 14.0 Å². The lowest BCUT2D eigenvalue weighted by Gasteiger charge is -2.29. The molecule has 178 valence electrons. The zero-order valence-electron chi connectivity index (χ0n) is 19.1. The maximum Gasteiger partial charge on any atom is 0.251 e. The molecule has 1 aliphatic rings. The van der Waals surface area contributed by atoms with Crippen LogP contribution in [-0.4, -0.2) is 51.2 Å². The van der Waals surface area contributed by atoms with E-state index in [1.54, 1.807) is 38.3 Å². The molecule has 1 atom stereocenters. The minimum absolute atomic E-state index is 0.137. The van der Waals surface area contributed by atoms with Crippen LogP contribution in [0.25, 0.3) is 11.4 Å². The van der Waals surface area contributed by atoms with Gasteiger partial charge in [0.2, 0.25) is 11.7 Å². The Hall–Kier alpha value is -3.82. The number of carbonyl (C=O) groups excluding carboxylic acids is 2. The van der Waals surface area contributed by atoms with Crippen molar-refractivity contribution < 1.29 is 18.7 Å². The zero-order chi connectivity index (χ0) is 24.1. The Balaban J connectivity index is 1.54. The van der Waals surface area contributed by atoms with Crippen LogP contribution in [0.3, 0.4) is 0 Å². The van der Waals surface area contributed by atoms with Gasteiger partial charge in [-0.2, -0.15) is 4.80 Å². The van der Waals surface area contributed by atoms with E-state index in [-0.39, 0.29) is 36.0 Å². The second kappa shape index (κ2) is 10.4. The van der Waals surface area contributed by atoms with Crippen molar-refractivity contribution in [1.82, 2.24) is 25.5 Å². The number of rotatable bonds is 8. The van der Waals surface area contributed by atoms with Crippen molar-refractivity contribution in [2.45, 2.75) is 51.2 Å². The Morgan fingerprint density at radius 3 is 2.47 bits per heavy atom. The molecule has 1 fully saturated rings. The number of tetrazole rings is 1. The summed E-state index contributed by atoms with van der Waals surface area (Å²) in [5.41, 5.74) is 1.13. The Bertz CT molecular complexity index is 1130. The van der Waals surface area contributed by atoms with Crippen LogP contribution in [0.15, 0.2) is 48.5 Å². The van der Waals surface area contributed by atoms with Gasteiger partial charge in [0, 0.05) is 17.3 Å². The first-order valence-corrected chi connectivity index (χ1v) is 11.2. The van der Waals surface area contributed by atoms with E-state index in [2.05, 4.69) is 20.7 Å². The number of hydrogen-bond donors (Lipinski definition) is 1. The molecular weight excluding hydrogens is 439 g/mol. The molecule has 4 rings (SSSR count). The molecule has 1 aliphatic carbocycles. The van der Waals surface area contributed by atoms with Crippen LogP contribution in [0.1, 0.15) is 32.6 Å². The molecule has 2 aromatic carbocycles. The highest BCUT2D eigenvalue weighted by atomic mass is 19.1. The second-order valence-electron chi connectivity index (χ2n) is 8.28. The quantitative estimate of drug-likeness (QED) is 0.548. The third-order valence-corrected chi connectivity index (χ3v) is 5.92. The molecule has 2 amide bonds. The first-order valence-electron chi connectivity index (χ1n) is 11.2. The van der Waals surface area contributed by atoms with Gasteiger partial charge in [0.1, 0.15) is 24.2 Å². The van der Waals surface area contributed by atoms with Crippen LogP contribution in [0, 0.1) is 5.82 Å². The summed E-state index contributed by atoms with van der Waals surface area (Å²) in [6.07, 6.45) is 4.08. The number of aromatic nitrogens is 4. The SMILES string of the molecule is COc1ccc(N(C(=O)Cn2nnc(-c3ccc(F)cc3)n2)[C@H](C)C(=O)NC2CCCC2)cc1. The molecule has 9 nitrogen and oxygen atoms in total. The summed E-state index contributed by atoms with van der Waals surface area (Å²) in [5.74, 6) is -0.0415. The van der Waals surface area contributed by atoms with Gasteiger partial charge < -0.3 is 10.1 Å². The summed E-state index contributed by atoms with van der Waals surface area (Å²) in [7, 11) is 1.56. The summed E-state index contributed by atoms with van der Waals surface area (Å²) in [4.78, 5) is 29.0. The van der Waals surface area contributed by atoms with Crippen LogP contribution in [-0.2, 0) is 16.1 Å². The molecule has 34 heavy (non-hydrogen) atoms. The van der Waals surface area contributed by atoms with Crippen LogP contribution in [0.4, 0.5) is 10.1 Å². The van der Waals surface area contributed by atoms with Crippen molar-refractivity contribution in [3.63, 3.8) is 0 Å². The molecule has 0 radical (unpaired) electrons. The lowest BCUT2D eigenvalue weighted by molar-refractivity contribution is -0.127. The molecule has 0 unspecified atom stereocenters. The van der Waals surface area contributed by atoms with Gasteiger partial charge in [-0.25, -0.2) is 4.39 Å². The summed E-state index contributed by atoms with van der Waals surface area (Å²) >= 11 is 0. The number of methoxy groups -OCH3 is 1. The van der Waals surface area contributed by atoms with Gasteiger partial charge >= 0.3 is 0 Å². The fourth-order valence-electron chi connectivity index (χ4n) is 4.06. The van der Waals surface area contributed by atoms with Crippen molar-refractivity contribution in [2.24, 2.45) is 0 Å². The highest BCUT2D eigenvalue weighted by Gasteiger charge is 2.30. The zero-order valence-corrected chi connectivity index (χ0v) is 19.1. The van der Waals surface area contributed by atoms with Gasteiger partial charge in [-0.05, 0) is 73.5 Å². The lowest BCUT2D eigenvalue weighted by Crippen LogP contribution is -2.51. The topological polar surface area (TPSA) is 102 Å². The van der Waals surface area contributed by atoms with Crippen LogP contribution >= 0.6 is 0 Å². The number of nitrogens with zero attached hydrogens (tertiary/aromatic N) is 5. The van der Waals surface area contributed by atoms with E-state index >= 15 is 0 Å². The maximum atomic E-state index is 13.4. The molecule has 0 saturated heterocycles. The summed E-state index contributed by atoms with van der Waals surface area (Å²) in [6.45, 7) is 1.48. The minimum Gasteiger partial charge on any atom is -0.497 e. The monoisotopic (exact) mass is 466 g/mol. The van der Waals surface area contributed by atoms with Crippen molar-refractivity contribution in [3.8, 4) is 17.1 Å². The van der Waals surface area contributed by atoms with E-state index in [1.807, 2.05) is 0 Å². The van der Waals surface area contributed by atoms with Crippen LogP contribution in [0.5, 0.6) is 5.75 Å². The third-order valence-electron chi connectivity index (χ3n) is 5.92. The van der Waals surface area contributed by atoms with Gasteiger partial charge in [-0.15, -0.1) is 10.2 Å². The number of nitrogens with one attached hydrogen (secondary N) is 1. The summed E-state index contributed by atoms with van der Waals surface area (Å²) in [5, 5.41) is 15.2. The van der Waals surface area contributed by atoms with E-state index in [4.69, 9.17) is 4.74 Å². The molecule has 1 heterocycles. The third kappa shape index (κ3) is 5.38. The van der Waals surface area contributed by atoms with Crippen LogP contribution < -0.4 is 15.0 Å². The van der Waals surface area contributed by atoms with E-state index in [0.717, 1.165) is 25.7 Å². The Labute approximate surface area is 196 Å². The van der Waals surface area contributed by atoms with Crippen LogP contribution in [0.2, 0.25) is 0 Å². The molecule has 1 saturated carbocycles. The second-order valence-corrected chi connectivity index (χ2v) is 8.28. The number of ether oxygens (including phenoxy) is 1. The lowest BCUT2D eigenvalue weighted by atomic mass is 10.1. The smallest absolute Gasteiger partial charge is 0.251 e. The molecule has 0 spiro atoms. The highest BCUT2D eigenvalue weighted by molar-refractivity contribution is 6.00. The number of anilines is 1. The van der Waals surface area contributed by atoms with Gasteiger partial charge in [-0.1, -0.05) is 12.8 Å². The van der Waals surface area contributed by atoms with E-state index < -0.39 is 6.04 Å². The van der Waals surface area contributed by atoms with Crippen molar-refractivity contribution in [2.75, 3.05) is 12.0 Å². The highest BCUT2D eigenvalue weighted by Crippen LogP contribution is 2.23. The molecule has 0 bridgehead atoms. The average molecular weight is 467 g/mol. The van der Waals surface area contributed by atoms with Gasteiger partial charge in [0.15, 0.2) is 0 Å². The van der Waals surface area contributed by atoms with Gasteiger partial charge in [0.05, 0.1) is 7.11 Å². The molecular formula is C24H27FN6O3. The normalized spacial score (nSPS) is 14.6. The van der Waals surface area contributed by atoms with E-state index in [0.29, 0.717) is 17.0 Å². The molecule has 10 heteroatoms. The molecule has 1 aromatic heterocycles. The number of hydrogen-bond acceptors (Lipinski definition) is 6. The standard InChI is InChI=1S/C24H27FN6O3/c1-16(24(33)26-19-5-3-4-6-19)31(20-11-13-21(34-2)14-12-20)22(32)15-30-28-23(27-29-30)17-7-9-18(25)10-8-17/h7-14,16,19H,3-6,15H2,1-2H3,(H,26,33)/t16-/m1/s1. The van der Waals surface area contributed by atoms with Crippen molar-refractivity contribution in [1.29, 1.82) is 0 Å². The fraction of sp³-hybridized carbons (Fsp3) is 0.375. The summed E-state index contributed by atoms with van der Waals surface area (Å²) < 4.78 is 18.4. The summed E-state index contributed by atoms with van der Waals surface area (Å²) in [6, 6.07) is 12.0. The minimum atomic E-state index is -0.749. The molecule has 0 aliphatic heterocycles. The Kier molecular flexibility index (Phi) is 7.15. The van der Waals surface area contributed by atoms with E-state index in [1.165, 1.54) is 34.0 Å². The van der Waals surface area contributed by atoms with Gasteiger partial charge in [-0.3, -0.25) is 14.5 Å². The Morgan fingerprint density at radius 2 is 1.82 bits per heavy atom.